The van der Waals surface area contributed by atoms with Crippen LogP contribution in [0.3, 0.4) is 0 Å². The molecular weight excluding hydrogens is 440 g/mol. The van der Waals surface area contributed by atoms with Crippen molar-refractivity contribution in [2.24, 2.45) is 11.8 Å². The second-order valence-corrected chi connectivity index (χ2v) is 12.7. The van der Waals surface area contributed by atoms with E-state index in [4.69, 9.17) is 0 Å². The van der Waals surface area contributed by atoms with Crippen LogP contribution >= 0.6 is 0 Å². The number of hydrogen-bond acceptors (Lipinski definition) is 6. The number of rotatable bonds is 13. The Hall–Kier alpha value is -1.49. The lowest BCUT2D eigenvalue weighted by molar-refractivity contribution is -0.126. The molecule has 1 aromatic rings. The number of sulfonamides is 1. The minimum Gasteiger partial charge on any atom is -0.390 e. The molecule has 0 saturated heterocycles. The zero-order chi connectivity index (χ0) is 23.8. The third-order valence-corrected chi connectivity index (χ3v) is 7.13. The molecule has 2 N–H and O–H groups in total. The lowest BCUT2D eigenvalue weighted by Crippen LogP contribution is -2.52. The van der Waals surface area contributed by atoms with E-state index in [0.29, 0.717) is 6.42 Å². The first-order valence-electron chi connectivity index (χ1n) is 10.4. The maximum Gasteiger partial charge on any atom is 0.224 e. The fraction of sp³-hybridized carbons (Fsp3) is 0.667. The maximum absolute atomic E-state index is 12.8. The van der Waals surface area contributed by atoms with Crippen LogP contribution in [-0.4, -0.2) is 75.7 Å². The molecule has 0 aliphatic carbocycles. The summed E-state index contributed by atoms with van der Waals surface area (Å²) in [5.41, 5.74) is 0.859. The van der Waals surface area contributed by atoms with Gasteiger partial charge in [-0.2, -0.15) is 4.31 Å². The van der Waals surface area contributed by atoms with Crippen molar-refractivity contribution in [1.82, 2.24) is 9.62 Å². The van der Waals surface area contributed by atoms with Gasteiger partial charge >= 0.3 is 0 Å². The Morgan fingerprint density at radius 2 is 1.65 bits per heavy atom. The molecule has 0 aliphatic heterocycles. The summed E-state index contributed by atoms with van der Waals surface area (Å²) in [6.45, 7) is 5.56. The molecule has 0 aromatic heterocycles. The van der Waals surface area contributed by atoms with Crippen LogP contribution in [0.1, 0.15) is 32.8 Å². The first-order valence-corrected chi connectivity index (χ1v) is 14.3. The van der Waals surface area contributed by atoms with Gasteiger partial charge in [0.05, 0.1) is 30.1 Å². The molecule has 31 heavy (non-hydrogen) atoms. The molecule has 0 heterocycles. The smallest absolute Gasteiger partial charge is 0.224 e. The van der Waals surface area contributed by atoms with E-state index in [2.05, 4.69) is 5.32 Å². The molecule has 0 aliphatic rings. The highest BCUT2D eigenvalue weighted by Crippen LogP contribution is 2.14. The van der Waals surface area contributed by atoms with E-state index in [1.165, 1.54) is 4.31 Å². The predicted molar refractivity (Wildman–Crippen MR) is 123 cm³/mol. The van der Waals surface area contributed by atoms with Gasteiger partial charge in [-0.05, 0) is 24.3 Å². The summed E-state index contributed by atoms with van der Waals surface area (Å²) in [4.78, 5) is 12.8. The van der Waals surface area contributed by atoms with E-state index in [-0.39, 0.29) is 31.2 Å². The molecule has 8 nitrogen and oxygen atoms in total. The lowest BCUT2D eigenvalue weighted by Gasteiger charge is -2.30. The number of aliphatic hydroxyl groups excluding tert-OH is 1. The molecule has 0 bridgehead atoms. The molecule has 0 saturated carbocycles. The summed E-state index contributed by atoms with van der Waals surface area (Å²) >= 11 is 0. The molecule has 1 rings (SSSR count). The van der Waals surface area contributed by atoms with Crippen molar-refractivity contribution in [2.75, 3.05) is 31.4 Å². The fourth-order valence-corrected chi connectivity index (χ4v) is 5.40. The number of amides is 1. The molecule has 0 radical (unpaired) electrons. The number of aliphatic hydroxyl groups is 1. The Morgan fingerprint density at radius 1 is 1.06 bits per heavy atom. The Kier molecular flexibility index (Phi) is 10.6. The van der Waals surface area contributed by atoms with E-state index in [9.17, 15) is 26.7 Å². The van der Waals surface area contributed by atoms with Gasteiger partial charge in [-0.15, -0.1) is 0 Å². The molecule has 10 heteroatoms. The highest BCUT2D eigenvalue weighted by atomic mass is 32.2. The number of hydrogen-bond donors (Lipinski definition) is 2. The van der Waals surface area contributed by atoms with Crippen molar-refractivity contribution < 1.29 is 26.7 Å². The highest BCUT2D eigenvalue weighted by Gasteiger charge is 2.30. The van der Waals surface area contributed by atoms with Gasteiger partial charge in [-0.1, -0.05) is 51.1 Å². The second-order valence-electron chi connectivity index (χ2n) is 8.54. The van der Waals surface area contributed by atoms with Crippen molar-refractivity contribution in [3.8, 4) is 0 Å². The average molecular weight is 477 g/mol. The summed E-state index contributed by atoms with van der Waals surface area (Å²) < 4.78 is 48.9. The zero-order valence-corrected chi connectivity index (χ0v) is 20.6. The van der Waals surface area contributed by atoms with E-state index in [1.807, 2.05) is 44.2 Å². The first-order chi connectivity index (χ1) is 14.2. The van der Waals surface area contributed by atoms with Gasteiger partial charge in [0.1, 0.15) is 9.84 Å². The van der Waals surface area contributed by atoms with E-state index >= 15 is 0 Å². The van der Waals surface area contributed by atoms with Crippen LogP contribution in [0.4, 0.5) is 0 Å². The van der Waals surface area contributed by atoms with Crippen molar-refractivity contribution in [3.63, 3.8) is 0 Å². The molecule has 0 fully saturated rings. The zero-order valence-electron chi connectivity index (χ0n) is 19.0. The van der Waals surface area contributed by atoms with Gasteiger partial charge in [0.25, 0.3) is 0 Å². The maximum atomic E-state index is 12.8. The number of carbonyl (C=O) groups excluding carboxylic acids is 1. The van der Waals surface area contributed by atoms with Crippen LogP contribution in [0.15, 0.2) is 30.3 Å². The lowest BCUT2D eigenvalue weighted by atomic mass is 9.99. The van der Waals surface area contributed by atoms with Crippen LogP contribution in [0.25, 0.3) is 0 Å². The van der Waals surface area contributed by atoms with Crippen molar-refractivity contribution in [1.29, 1.82) is 0 Å². The second kappa shape index (κ2) is 11.9. The van der Waals surface area contributed by atoms with Crippen LogP contribution in [0.5, 0.6) is 0 Å². The first kappa shape index (κ1) is 27.5. The number of carbonyl (C=O) groups is 1. The van der Waals surface area contributed by atoms with Gasteiger partial charge < -0.3 is 10.4 Å². The molecule has 1 aromatic carbocycles. The van der Waals surface area contributed by atoms with Crippen LogP contribution in [0.2, 0.25) is 0 Å². The molecule has 0 spiro atoms. The Labute approximate surface area is 187 Å². The SMILES string of the molecule is CCC(CS(C)(=O)=O)C(=O)NC(Cc1ccccc1)C(O)CN(CC(C)C)S(C)(=O)=O. The summed E-state index contributed by atoms with van der Waals surface area (Å²) in [5, 5.41) is 13.7. The average Bonchev–Trinajstić information content (AvgIpc) is 2.63. The highest BCUT2D eigenvalue weighted by molar-refractivity contribution is 7.90. The van der Waals surface area contributed by atoms with E-state index in [1.54, 1.807) is 6.92 Å². The molecule has 3 unspecified atom stereocenters. The van der Waals surface area contributed by atoms with Crippen molar-refractivity contribution in [3.05, 3.63) is 35.9 Å². The Balaban J connectivity index is 3.10. The molecular formula is C21H36N2O6S2. The predicted octanol–water partition coefficient (Wildman–Crippen LogP) is 1.06. The summed E-state index contributed by atoms with van der Waals surface area (Å²) in [6, 6.07) is 8.44. The van der Waals surface area contributed by atoms with Crippen LogP contribution < -0.4 is 5.32 Å². The van der Waals surface area contributed by atoms with Crippen LogP contribution in [-0.2, 0) is 31.1 Å². The topological polar surface area (TPSA) is 121 Å². The van der Waals surface area contributed by atoms with Gasteiger partial charge in [0.15, 0.2) is 0 Å². The van der Waals surface area contributed by atoms with Crippen LogP contribution in [0, 0.1) is 11.8 Å². The van der Waals surface area contributed by atoms with Gasteiger partial charge in [-0.3, -0.25) is 4.79 Å². The van der Waals surface area contributed by atoms with Gasteiger partial charge in [-0.25, -0.2) is 16.8 Å². The number of sulfone groups is 1. The standard InChI is InChI=1S/C21H36N2O6S2/c1-6-18(15-30(4,26)27)21(25)22-19(12-17-10-8-7-9-11-17)20(24)14-23(13-16(2)3)31(5,28)29/h7-11,16,18-20,24H,6,12-15H2,1-5H3,(H,22,25). The summed E-state index contributed by atoms with van der Waals surface area (Å²) in [6.07, 6.45) is 1.60. The van der Waals surface area contributed by atoms with E-state index in [0.717, 1.165) is 18.1 Å². The van der Waals surface area contributed by atoms with Gasteiger partial charge in [0.2, 0.25) is 15.9 Å². The van der Waals surface area contributed by atoms with Gasteiger partial charge in [0, 0.05) is 19.3 Å². The Morgan fingerprint density at radius 3 is 2.10 bits per heavy atom. The molecule has 178 valence electrons. The minimum atomic E-state index is -3.55. The molecule has 1 amide bonds. The normalized spacial score (nSPS) is 15.6. The largest absolute Gasteiger partial charge is 0.390 e. The number of nitrogens with zero attached hydrogens (tertiary/aromatic N) is 1. The third-order valence-electron chi connectivity index (χ3n) is 4.89. The summed E-state index contributed by atoms with van der Waals surface area (Å²) in [5.74, 6) is -1.44. The quantitative estimate of drug-likeness (QED) is 0.439. The number of benzene rings is 1. The minimum absolute atomic E-state index is 0.0586. The van der Waals surface area contributed by atoms with E-state index < -0.39 is 43.8 Å². The number of nitrogens with one attached hydrogen (secondary N) is 1. The Bertz CT molecular complexity index is 901. The van der Waals surface area contributed by atoms with Crippen molar-refractivity contribution >= 4 is 25.8 Å². The molecule has 3 atom stereocenters. The summed E-state index contributed by atoms with van der Waals surface area (Å²) in [7, 11) is -6.91. The third kappa shape index (κ3) is 10.6. The fourth-order valence-electron chi connectivity index (χ4n) is 3.28. The monoisotopic (exact) mass is 476 g/mol. The van der Waals surface area contributed by atoms with Crippen molar-refractivity contribution in [2.45, 2.75) is 45.8 Å².